The summed E-state index contributed by atoms with van der Waals surface area (Å²) in [6, 6.07) is 1.94. The van der Waals surface area contributed by atoms with Crippen molar-refractivity contribution in [1.82, 2.24) is 28.9 Å². The van der Waals surface area contributed by atoms with Crippen LogP contribution in [0.1, 0.15) is 32.0 Å². The Morgan fingerprint density at radius 1 is 1.38 bits per heavy atom. The molecular weight excluding hydrogens is 328 g/mol. The van der Waals surface area contributed by atoms with E-state index in [4.69, 9.17) is 0 Å². The summed E-state index contributed by atoms with van der Waals surface area (Å²) in [4.78, 5) is 7.42. The van der Waals surface area contributed by atoms with Crippen molar-refractivity contribution in [3.8, 4) is 0 Å². The van der Waals surface area contributed by atoms with Crippen LogP contribution >= 0.6 is 0 Å². The molecule has 1 fully saturated rings. The van der Waals surface area contributed by atoms with Gasteiger partial charge in [-0.25, -0.2) is 17.7 Å². The predicted molar refractivity (Wildman–Crippen MR) is 90.2 cm³/mol. The fourth-order valence-electron chi connectivity index (χ4n) is 3.45. The minimum Gasteiger partial charge on any atom is -0.345 e. The van der Waals surface area contributed by atoms with Crippen molar-refractivity contribution in [2.45, 2.75) is 26.2 Å². The van der Waals surface area contributed by atoms with E-state index >= 15 is 0 Å². The summed E-state index contributed by atoms with van der Waals surface area (Å²) in [5.74, 6) is 1.28. The smallest absolute Gasteiger partial charge is 0.213 e. The SMILES string of the molecule is CCS(=O)(=O)N1CC[C@@H](C)[C@H](c2nnc3cnc4[nH]ccc4n23)C1. The molecule has 4 rings (SSSR count). The molecule has 0 saturated carbocycles. The standard InChI is InChI=1S/C15H20N6O2S/c1-3-24(22,23)20-7-5-10(2)11(9-20)15-19-18-13-8-17-14-12(21(13)15)4-6-16-14/h4,6,8,10-11,16H,3,5,7,9H2,1-2H3/t10-,11-/m1/s1. The van der Waals surface area contributed by atoms with Gasteiger partial charge in [-0.05, 0) is 25.3 Å². The normalized spacial score (nSPS) is 23.2. The number of nitrogens with one attached hydrogen (secondary N) is 1. The number of fused-ring (bicyclic) bond motifs is 3. The molecule has 1 aliphatic rings. The monoisotopic (exact) mass is 348 g/mol. The van der Waals surface area contributed by atoms with Gasteiger partial charge in [-0.15, -0.1) is 10.2 Å². The highest BCUT2D eigenvalue weighted by Gasteiger charge is 2.35. The van der Waals surface area contributed by atoms with Crippen molar-refractivity contribution in [1.29, 1.82) is 0 Å². The van der Waals surface area contributed by atoms with E-state index < -0.39 is 10.0 Å². The number of nitrogens with zero attached hydrogens (tertiary/aromatic N) is 5. The number of H-pyrrole nitrogens is 1. The number of sulfonamides is 1. The topological polar surface area (TPSA) is 96.2 Å². The molecule has 9 heteroatoms. The van der Waals surface area contributed by atoms with Crippen LogP contribution in [0.5, 0.6) is 0 Å². The zero-order chi connectivity index (χ0) is 16.9. The summed E-state index contributed by atoms with van der Waals surface area (Å²) in [7, 11) is -3.20. The molecule has 1 N–H and O–H groups in total. The molecule has 0 bridgehead atoms. The average molecular weight is 348 g/mol. The first kappa shape index (κ1) is 15.5. The second-order valence-corrected chi connectivity index (χ2v) is 8.61. The molecular formula is C15H20N6O2S. The Morgan fingerprint density at radius 2 is 2.21 bits per heavy atom. The highest BCUT2D eigenvalue weighted by molar-refractivity contribution is 7.89. The molecule has 0 aromatic carbocycles. The lowest BCUT2D eigenvalue weighted by atomic mass is 9.87. The van der Waals surface area contributed by atoms with Crippen LogP contribution < -0.4 is 0 Å². The van der Waals surface area contributed by atoms with Crippen LogP contribution in [-0.2, 0) is 10.0 Å². The van der Waals surface area contributed by atoms with E-state index in [0.29, 0.717) is 24.7 Å². The molecule has 8 nitrogen and oxygen atoms in total. The van der Waals surface area contributed by atoms with E-state index in [1.165, 1.54) is 0 Å². The van der Waals surface area contributed by atoms with Crippen molar-refractivity contribution in [2.75, 3.05) is 18.8 Å². The molecule has 2 atom stereocenters. The lowest BCUT2D eigenvalue weighted by Gasteiger charge is -2.35. The lowest BCUT2D eigenvalue weighted by Crippen LogP contribution is -2.43. The molecule has 1 aliphatic heterocycles. The molecule has 3 aromatic heterocycles. The average Bonchev–Trinajstić information content (AvgIpc) is 3.20. The molecule has 24 heavy (non-hydrogen) atoms. The molecule has 3 aromatic rings. The molecule has 128 valence electrons. The molecule has 4 heterocycles. The summed E-state index contributed by atoms with van der Waals surface area (Å²) in [5, 5.41) is 8.61. The number of hydrogen-bond donors (Lipinski definition) is 1. The van der Waals surface area contributed by atoms with Gasteiger partial charge in [0.15, 0.2) is 11.3 Å². The van der Waals surface area contributed by atoms with Gasteiger partial charge >= 0.3 is 0 Å². The zero-order valence-corrected chi connectivity index (χ0v) is 14.5. The van der Waals surface area contributed by atoms with Crippen LogP contribution in [0.4, 0.5) is 0 Å². The van der Waals surface area contributed by atoms with Crippen LogP contribution in [0.2, 0.25) is 0 Å². The number of hydrogen-bond acceptors (Lipinski definition) is 5. The van der Waals surface area contributed by atoms with Gasteiger partial charge in [-0.1, -0.05) is 6.92 Å². The summed E-state index contributed by atoms with van der Waals surface area (Å²) in [5.41, 5.74) is 2.36. The van der Waals surface area contributed by atoms with Gasteiger partial charge < -0.3 is 4.98 Å². The van der Waals surface area contributed by atoms with Gasteiger partial charge in [0.25, 0.3) is 0 Å². The van der Waals surface area contributed by atoms with Gasteiger partial charge in [0, 0.05) is 25.2 Å². The predicted octanol–water partition coefficient (Wildman–Crippen LogP) is 1.38. The third-order valence-corrected chi connectivity index (χ3v) is 6.83. The second-order valence-electron chi connectivity index (χ2n) is 6.35. The lowest BCUT2D eigenvalue weighted by molar-refractivity contribution is 0.244. The third kappa shape index (κ3) is 2.30. The molecule has 0 unspecified atom stereocenters. The third-order valence-electron chi connectivity index (χ3n) is 4.98. The van der Waals surface area contributed by atoms with Crippen LogP contribution in [0.3, 0.4) is 0 Å². The molecule has 0 radical (unpaired) electrons. The van der Waals surface area contributed by atoms with Gasteiger partial charge in [0.1, 0.15) is 5.82 Å². The summed E-state index contributed by atoms with van der Waals surface area (Å²) < 4.78 is 28.1. The van der Waals surface area contributed by atoms with E-state index in [2.05, 4.69) is 27.1 Å². The quantitative estimate of drug-likeness (QED) is 0.771. The van der Waals surface area contributed by atoms with E-state index in [1.807, 2.05) is 16.7 Å². The van der Waals surface area contributed by atoms with E-state index in [1.54, 1.807) is 17.4 Å². The van der Waals surface area contributed by atoms with Crippen molar-refractivity contribution in [3.05, 3.63) is 24.3 Å². The van der Waals surface area contributed by atoms with Gasteiger partial charge in [-0.3, -0.25) is 4.40 Å². The summed E-state index contributed by atoms with van der Waals surface area (Å²) in [6.07, 6.45) is 4.34. The van der Waals surface area contributed by atoms with E-state index in [9.17, 15) is 8.42 Å². The maximum absolute atomic E-state index is 12.3. The van der Waals surface area contributed by atoms with Crippen molar-refractivity contribution in [2.24, 2.45) is 5.92 Å². The second kappa shape index (κ2) is 5.52. The molecule has 0 spiro atoms. The highest BCUT2D eigenvalue weighted by Crippen LogP contribution is 2.33. The fourth-order valence-corrected chi connectivity index (χ4v) is 4.59. The van der Waals surface area contributed by atoms with Crippen molar-refractivity contribution in [3.63, 3.8) is 0 Å². The molecule has 1 saturated heterocycles. The molecule has 0 aliphatic carbocycles. The maximum atomic E-state index is 12.3. The van der Waals surface area contributed by atoms with Gasteiger partial charge in [0.2, 0.25) is 10.0 Å². The largest absolute Gasteiger partial charge is 0.345 e. The van der Waals surface area contributed by atoms with Crippen LogP contribution in [-0.4, -0.2) is 56.1 Å². The Kier molecular flexibility index (Phi) is 3.57. The van der Waals surface area contributed by atoms with Crippen molar-refractivity contribution < 1.29 is 8.42 Å². The Labute approximate surface area is 140 Å². The number of rotatable bonds is 3. The minimum absolute atomic E-state index is 0.00979. The number of piperidine rings is 1. The van der Waals surface area contributed by atoms with Crippen LogP contribution in [0, 0.1) is 5.92 Å². The Hall–Kier alpha value is -2.00. The Morgan fingerprint density at radius 3 is 3.00 bits per heavy atom. The maximum Gasteiger partial charge on any atom is 0.213 e. The minimum atomic E-state index is -3.20. The first-order chi connectivity index (χ1) is 11.5. The van der Waals surface area contributed by atoms with Crippen molar-refractivity contribution >= 4 is 26.8 Å². The molecule has 0 amide bonds. The number of aromatic amines is 1. The van der Waals surface area contributed by atoms with E-state index in [0.717, 1.165) is 23.4 Å². The fraction of sp³-hybridized carbons (Fsp3) is 0.533. The van der Waals surface area contributed by atoms with Gasteiger partial charge in [-0.2, -0.15) is 0 Å². The van der Waals surface area contributed by atoms with Gasteiger partial charge in [0.05, 0.1) is 17.5 Å². The summed E-state index contributed by atoms with van der Waals surface area (Å²) in [6.45, 7) is 4.86. The summed E-state index contributed by atoms with van der Waals surface area (Å²) >= 11 is 0. The Bertz CT molecular complexity index is 992. The first-order valence-corrected chi connectivity index (χ1v) is 9.77. The zero-order valence-electron chi connectivity index (χ0n) is 13.7. The Balaban J connectivity index is 1.82. The van der Waals surface area contributed by atoms with E-state index in [-0.39, 0.29) is 11.7 Å². The van der Waals surface area contributed by atoms with Crippen LogP contribution in [0.25, 0.3) is 16.8 Å². The highest BCUT2D eigenvalue weighted by atomic mass is 32.2. The number of aromatic nitrogens is 5. The van der Waals surface area contributed by atoms with Crippen LogP contribution in [0.15, 0.2) is 18.5 Å². The first-order valence-electron chi connectivity index (χ1n) is 8.16.